The molecule has 0 aliphatic rings. The molecule has 1 aromatic heterocycles. The monoisotopic (exact) mass is 423 g/mol. The van der Waals surface area contributed by atoms with Gasteiger partial charge in [-0.3, -0.25) is 0 Å². The van der Waals surface area contributed by atoms with Crippen molar-refractivity contribution in [3.63, 3.8) is 0 Å². The Bertz CT molecular complexity index is 822. The Morgan fingerprint density at radius 2 is 1.82 bits per heavy atom. The lowest BCUT2D eigenvalue weighted by atomic mass is 10.3. The summed E-state index contributed by atoms with van der Waals surface area (Å²) in [4.78, 5) is 17.6. The van der Waals surface area contributed by atoms with Crippen molar-refractivity contribution in [1.82, 2.24) is 14.9 Å². The van der Waals surface area contributed by atoms with E-state index in [9.17, 15) is 0 Å². The first kappa shape index (κ1) is 22.2. The van der Waals surface area contributed by atoms with Crippen LogP contribution in [0.15, 0.2) is 29.3 Å². The molecule has 152 valence electrons. The van der Waals surface area contributed by atoms with E-state index in [0.29, 0.717) is 21.7 Å². The van der Waals surface area contributed by atoms with Crippen LogP contribution in [0.3, 0.4) is 0 Å². The second-order valence-electron chi connectivity index (χ2n) is 6.37. The molecule has 2 rings (SSSR count). The minimum atomic E-state index is 0.167. The van der Waals surface area contributed by atoms with E-state index in [1.54, 1.807) is 18.2 Å². The molecule has 0 aliphatic heterocycles. The first-order valence-corrected chi connectivity index (χ1v) is 9.93. The van der Waals surface area contributed by atoms with E-state index < -0.39 is 0 Å². The van der Waals surface area contributed by atoms with Gasteiger partial charge in [-0.2, -0.15) is 9.98 Å². The zero-order valence-corrected chi connectivity index (χ0v) is 18.2. The third-order valence-electron chi connectivity index (χ3n) is 4.28. The average Bonchev–Trinajstić information content (AvgIpc) is 2.64. The van der Waals surface area contributed by atoms with Gasteiger partial charge in [0.2, 0.25) is 5.96 Å². The second-order valence-corrected chi connectivity index (χ2v) is 7.18. The van der Waals surface area contributed by atoms with E-state index in [0.717, 1.165) is 37.7 Å². The summed E-state index contributed by atoms with van der Waals surface area (Å²) in [6, 6.07) is 7.06. The number of nitrogens with two attached hydrogens (primary N) is 1. The van der Waals surface area contributed by atoms with Gasteiger partial charge in [0, 0.05) is 37.6 Å². The topological polar surface area (TPSA) is 82.7 Å². The lowest BCUT2D eigenvalue weighted by Gasteiger charge is -2.24. The zero-order chi connectivity index (χ0) is 20.7. The molecule has 0 radical (unpaired) electrons. The van der Waals surface area contributed by atoms with E-state index in [2.05, 4.69) is 43.9 Å². The summed E-state index contributed by atoms with van der Waals surface area (Å²) in [5.74, 6) is 1.27. The van der Waals surface area contributed by atoms with E-state index in [1.807, 2.05) is 20.0 Å². The lowest BCUT2D eigenvalue weighted by molar-refractivity contribution is 0.311. The summed E-state index contributed by atoms with van der Waals surface area (Å²) in [5, 5.41) is 3.87. The number of aliphatic imine (C=N–C) groups is 1. The summed E-state index contributed by atoms with van der Waals surface area (Å²) in [6.07, 6.45) is 0. The number of guanidine groups is 1. The van der Waals surface area contributed by atoms with E-state index in [-0.39, 0.29) is 5.96 Å². The first-order valence-electron chi connectivity index (χ1n) is 9.17. The summed E-state index contributed by atoms with van der Waals surface area (Å²) >= 11 is 11.9. The molecule has 0 saturated carbocycles. The summed E-state index contributed by atoms with van der Waals surface area (Å²) < 4.78 is 0. The highest BCUT2D eigenvalue weighted by Gasteiger charge is 2.09. The molecule has 0 atom stereocenters. The molecule has 0 aliphatic carbocycles. The number of rotatable bonds is 8. The number of aromatic nitrogens is 2. The van der Waals surface area contributed by atoms with Gasteiger partial charge in [0.05, 0.1) is 10.0 Å². The highest BCUT2D eigenvalue weighted by Crippen LogP contribution is 2.25. The summed E-state index contributed by atoms with van der Waals surface area (Å²) in [6.45, 7) is 10.1. The zero-order valence-electron chi connectivity index (χ0n) is 16.7. The quantitative estimate of drug-likeness (QED) is 0.494. The molecule has 0 spiro atoms. The average molecular weight is 424 g/mol. The van der Waals surface area contributed by atoms with Crippen LogP contribution in [0.4, 0.5) is 17.5 Å². The smallest absolute Gasteiger partial charge is 0.254 e. The van der Waals surface area contributed by atoms with E-state index >= 15 is 0 Å². The van der Waals surface area contributed by atoms with Crippen molar-refractivity contribution in [3.05, 3.63) is 40.0 Å². The van der Waals surface area contributed by atoms with Crippen molar-refractivity contribution in [2.24, 2.45) is 10.7 Å². The van der Waals surface area contributed by atoms with Gasteiger partial charge in [0.25, 0.3) is 5.95 Å². The number of benzene rings is 1. The Labute approximate surface area is 176 Å². The molecule has 0 amide bonds. The van der Waals surface area contributed by atoms with Crippen LogP contribution in [0.5, 0.6) is 0 Å². The van der Waals surface area contributed by atoms with Gasteiger partial charge in [-0.05, 0) is 38.2 Å². The Kier molecular flexibility index (Phi) is 8.29. The maximum Gasteiger partial charge on any atom is 0.254 e. The standard InChI is InChI=1S/C19H27Cl2N7/c1-5-28(6-2)10-9-27(4)17-11-13(3)23-19(25-17)26-18(22)24-14-7-8-15(20)16(21)12-14/h7-8,11-12H,5-6,9-10H2,1-4H3,(H3,22,23,24,25,26). The number of likely N-dealkylation sites (N-methyl/N-ethyl adjacent to an activating group) is 2. The third-order valence-corrected chi connectivity index (χ3v) is 5.02. The van der Waals surface area contributed by atoms with E-state index in [1.165, 1.54) is 0 Å². The van der Waals surface area contributed by atoms with Gasteiger partial charge in [0.1, 0.15) is 5.82 Å². The maximum absolute atomic E-state index is 6.02. The molecule has 2 aromatic rings. The van der Waals surface area contributed by atoms with Crippen LogP contribution in [0.1, 0.15) is 19.5 Å². The fourth-order valence-corrected chi connectivity index (χ4v) is 2.88. The van der Waals surface area contributed by atoms with Crippen LogP contribution < -0.4 is 16.0 Å². The van der Waals surface area contributed by atoms with Crippen LogP contribution in [0.25, 0.3) is 0 Å². The van der Waals surface area contributed by atoms with Crippen molar-refractivity contribution in [3.8, 4) is 0 Å². The number of nitrogens with zero attached hydrogens (tertiary/aromatic N) is 5. The van der Waals surface area contributed by atoms with Gasteiger partial charge in [-0.15, -0.1) is 0 Å². The maximum atomic E-state index is 6.02. The fraction of sp³-hybridized carbons (Fsp3) is 0.421. The number of halogens is 2. The Morgan fingerprint density at radius 3 is 2.46 bits per heavy atom. The van der Waals surface area contributed by atoms with Crippen molar-refractivity contribution >= 4 is 46.6 Å². The molecule has 0 saturated heterocycles. The lowest BCUT2D eigenvalue weighted by Crippen LogP contribution is -2.33. The third kappa shape index (κ3) is 6.51. The van der Waals surface area contributed by atoms with E-state index in [4.69, 9.17) is 28.9 Å². The minimum absolute atomic E-state index is 0.167. The van der Waals surface area contributed by atoms with Crippen LogP contribution in [-0.4, -0.2) is 54.1 Å². The predicted molar refractivity (Wildman–Crippen MR) is 119 cm³/mol. The SMILES string of the molecule is CCN(CC)CCN(C)c1cc(C)nc(N=C(N)Nc2ccc(Cl)c(Cl)c2)n1. The van der Waals surface area contributed by atoms with Crippen molar-refractivity contribution in [1.29, 1.82) is 0 Å². The summed E-state index contributed by atoms with van der Waals surface area (Å²) in [5.41, 5.74) is 7.50. The molecule has 9 heteroatoms. The fourth-order valence-electron chi connectivity index (χ4n) is 2.59. The highest BCUT2D eigenvalue weighted by atomic mass is 35.5. The van der Waals surface area contributed by atoms with Gasteiger partial charge in [0.15, 0.2) is 0 Å². The predicted octanol–water partition coefficient (Wildman–Crippen LogP) is 3.93. The number of anilines is 2. The molecule has 28 heavy (non-hydrogen) atoms. The van der Waals surface area contributed by atoms with Crippen molar-refractivity contribution in [2.75, 3.05) is 43.4 Å². The Morgan fingerprint density at radius 1 is 1.11 bits per heavy atom. The number of hydrogen-bond acceptors (Lipinski definition) is 5. The van der Waals surface area contributed by atoms with Gasteiger partial charge >= 0.3 is 0 Å². The minimum Gasteiger partial charge on any atom is -0.369 e. The molecule has 7 nitrogen and oxygen atoms in total. The molecule has 3 N–H and O–H groups in total. The highest BCUT2D eigenvalue weighted by molar-refractivity contribution is 6.42. The van der Waals surface area contributed by atoms with Crippen LogP contribution >= 0.6 is 23.2 Å². The van der Waals surface area contributed by atoms with Crippen LogP contribution in [-0.2, 0) is 0 Å². The Balaban J connectivity index is 2.12. The normalized spacial score (nSPS) is 11.8. The van der Waals surface area contributed by atoms with Crippen LogP contribution in [0, 0.1) is 6.92 Å². The van der Waals surface area contributed by atoms with Gasteiger partial charge in [-0.1, -0.05) is 37.0 Å². The van der Waals surface area contributed by atoms with Gasteiger partial charge < -0.3 is 20.9 Å². The number of nitrogens with one attached hydrogen (secondary N) is 1. The first-order chi connectivity index (χ1) is 13.3. The van der Waals surface area contributed by atoms with Gasteiger partial charge in [-0.25, -0.2) is 4.98 Å². The van der Waals surface area contributed by atoms with Crippen LogP contribution in [0.2, 0.25) is 10.0 Å². The summed E-state index contributed by atoms with van der Waals surface area (Å²) in [7, 11) is 2.01. The number of aryl methyl sites for hydroxylation is 1. The molecule has 0 fully saturated rings. The molecule has 1 heterocycles. The molecule has 1 aromatic carbocycles. The molecular weight excluding hydrogens is 397 g/mol. The number of hydrogen-bond donors (Lipinski definition) is 2. The molecular formula is C19H27Cl2N7. The molecule has 0 unspecified atom stereocenters. The second kappa shape index (κ2) is 10.5. The molecule has 0 bridgehead atoms. The Hall–Kier alpha value is -2.09. The van der Waals surface area contributed by atoms with Crippen molar-refractivity contribution < 1.29 is 0 Å². The van der Waals surface area contributed by atoms with Crippen molar-refractivity contribution in [2.45, 2.75) is 20.8 Å². The largest absolute Gasteiger partial charge is 0.369 e.